The van der Waals surface area contributed by atoms with Crippen molar-refractivity contribution < 1.29 is 39.5 Å². The van der Waals surface area contributed by atoms with Gasteiger partial charge in [-0.05, 0) is 37.1 Å². The summed E-state index contributed by atoms with van der Waals surface area (Å²) in [5, 5.41) is 40.0. The maximum Gasteiger partial charge on any atom is 0.342 e. The lowest BCUT2D eigenvalue weighted by atomic mass is 10.0. The van der Waals surface area contributed by atoms with Crippen LogP contribution >= 0.6 is 0 Å². The number of esters is 1. The van der Waals surface area contributed by atoms with Gasteiger partial charge in [-0.3, -0.25) is 4.79 Å². The monoisotopic (exact) mass is 378 g/mol. The van der Waals surface area contributed by atoms with E-state index >= 15 is 0 Å². The SMILES string of the molecule is COc1cc(O)c2c(c1)/C=C/C[C@H](O)[C@H](O)C(=O)/C=C\[C@H](O)C(C)OC2=O. The van der Waals surface area contributed by atoms with Crippen molar-refractivity contribution in [2.45, 2.75) is 37.8 Å². The van der Waals surface area contributed by atoms with Gasteiger partial charge in [0.25, 0.3) is 0 Å². The van der Waals surface area contributed by atoms with Crippen molar-refractivity contribution in [2.24, 2.45) is 0 Å². The normalized spacial score (nSPS) is 29.2. The quantitative estimate of drug-likeness (QED) is 0.521. The van der Waals surface area contributed by atoms with Gasteiger partial charge in [-0.15, -0.1) is 0 Å². The summed E-state index contributed by atoms with van der Waals surface area (Å²) in [6.45, 7) is 1.41. The third kappa shape index (κ3) is 4.94. The second-order valence-electron chi connectivity index (χ2n) is 6.12. The summed E-state index contributed by atoms with van der Waals surface area (Å²) in [7, 11) is 1.39. The Balaban J connectivity index is 2.50. The number of phenols is 1. The highest BCUT2D eigenvalue weighted by Gasteiger charge is 2.25. The predicted molar refractivity (Wildman–Crippen MR) is 95.4 cm³/mol. The lowest BCUT2D eigenvalue weighted by Crippen LogP contribution is -2.33. The van der Waals surface area contributed by atoms with Gasteiger partial charge in [0, 0.05) is 6.07 Å². The maximum atomic E-state index is 12.5. The third-order valence-corrected chi connectivity index (χ3v) is 4.12. The summed E-state index contributed by atoms with van der Waals surface area (Å²) in [5.41, 5.74) is 0.109. The van der Waals surface area contributed by atoms with E-state index in [9.17, 15) is 30.0 Å². The van der Waals surface area contributed by atoms with Crippen LogP contribution in [0.3, 0.4) is 0 Å². The molecule has 1 aromatic rings. The van der Waals surface area contributed by atoms with Crippen LogP contribution in [0, 0.1) is 0 Å². The number of aliphatic hydroxyl groups excluding tert-OH is 3. The molecule has 4 atom stereocenters. The number of phenolic OH excluding ortho intramolecular Hbond substituents is 1. The fourth-order valence-corrected chi connectivity index (χ4v) is 2.49. The standard InChI is InChI=1S/C19H22O8/c1-10-13(20)6-7-15(22)18(24)14(21)5-3-4-11-8-12(26-2)9-16(23)17(11)19(25)27-10/h3-4,6-10,13-14,18,20-21,23-24H,5H2,1-2H3/b4-3+,7-6-/t10?,13-,14-,18-/m0/s1. The summed E-state index contributed by atoms with van der Waals surface area (Å²) in [4.78, 5) is 24.3. The summed E-state index contributed by atoms with van der Waals surface area (Å²) in [6, 6.07) is 2.73. The van der Waals surface area contributed by atoms with Crippen molar-refractivity contribution in [3.05, 3.63) is 41.5 Å². The number of rotatable bonds is 1. The molecule has 0 saturated carbocycles. The van der Waals surface area contributed by atoms with Gasteiger partial charge in [0.15, 0.2) is 5.78 Å². The highest BCUT2D eigenvalue weighted by molar-refractivity contribution is 5.97. The molecule has 1 aromatic carbocycles. The Morgan fingerprint density at radius 3 is 2.52 bits per heavy atom. The summed E-state index contributed by atoms with van der Waals surface area (Å²) >= 11 is 0. The molecule has 1 aliphatic rings. The van der Waals surface area contributed by atoms with Gasteiger partial charge in [-0.25, -0.2) is 4.79 Å². The van der Waals surface area contributed by atoms with E-state index < -0.39 is 36.2 Å². The number of hydrogen-bond acceptors (Lipinski definition) is 8. The van der Waals surface area contributed by atoms with Crippen molar-refractivity contribution in [3.63, 3.8) is 0 Å². The van der Waals surface area contributed by atoms with E-state index in [0.29, 0.717) is 0 Å². The second-order valence-corrected chi connectivity index (χ2v) is 6.12. The topological polar surface area (TPSA) is 134 Å². The fourth-order valence-electron chi connectivity index (χ4n) is 2.49. The first-order valence-corrected chi connectivity index (χ1v) is 8.29. The number of carbonyl (C=O) groups excluding carboxylic acids is 2. The number of fused-ring (bicyclic) bond motifs is 1. The van der Waals surface area contributed by atoms with Crippen LogP contribution in [0.2, 0.25) is 0 Å². The number of methoxy groups -OCH3 is 1. The maximum absolute atomic E-state index is 12.5. The molecule has 0 fully saturated rings. The molecule has 27 heavy (non-hydrogen) atoms. The highest BCUT2D eigenvalue weighted by Crippen LogP contribution is 2.30. The van der Waals surface area contributed by atoms with Crippen molar-refractivity contribution >= 4 is 17.8 Å². The molecule has 8 heteroatoms. The number of cyclic esters (lactones) is 1. The summed E-state index contributed by atoms with van der Waals surface area (Å²) in [5.74, 6) is -1.75. The van der Waals surface area contributed by atoms with E-state index in [2.05, 4.69) is 0 Å². The van der Waals surface area contributed by atoms with Gasteiger partial charge in [-0.1, -0.05) is 12.2 Å². The van der Waals surface area contributed by atoms with E-state index in [4.69, 9.17) is 9.47 Å². The number of ether oxygens (including phenoxy) is 2. The van der Waals surface area contributed by atoms with Gasteiger partial charge in [0.05, 0.1) is 13.2 Å². The molecule has 1 unspecified atom stereocenters. The Morgan fingerprint density at radius 2 is 1.85 bits per heavy atom. The summed E-state index contributed by atoms with van der Waals surface area (Å²) < 4.78 is 10.2. The van der Waals surface area contributed by atoms with Crippen molar-refractivity contribution in [1.82, 2.24) is 0 Å². The molecule has 146 valence electrons. The lowest BCUT2D eigenvalue weighted by Gasteiger charge is -2.19. The molecular formula is C19H22O8. The van der Waals surface area contributed by atoms with Crippen molar-refractivity contribution in [2.75, 3.05) is 7.11 Å². The minimum atomic E-state index is -1.67. The number of benzene rings is 1. The van der Waals surface area contributed by atoms with E-state index in [0.717, 1.165) is 12.2 Å². The van der Waals surface area contributed by atoms with Crippen LogP contribution in [0.5, 0.6) is 11.5 Å². The predicted octanol–water partition coefficient (Wildman–Crippen LogP) is 0.571. The highest BCUT2D eigenvalue weighted by atomic mass is 16.6. The molecule has 0 aromatic heterocycles. The number of aromatic hydroxyl groups is 1. The van der Waals surface area contributed by atoms with E-state index in [1.54, 1.807) is 0 Å². The van der Waals surface area contributed by atoms with Crippen LogP contribution < -0.4 is 4.74 Å². The Morgan fingerprint density at radius 1 is 1.15 bits per heavy atom. The van der Waals surface area contributed by atoms with Gasteiger partial charge >= 0.3 is 5.97 Å². The molecule has 4 N–H and O–H groups in total. The first kappa shape index (κ1) is 20.6. The van der Waals surface area contributed by atoms with Gasteiger partial charge in [0.1, 0.15) is 35.4 Å². The minimum Gasteiger partial charge on any atom is -0.507 e. The lowest BCUT2D eigenvalue weighted by molar-refractivity contribution is -0.127. The van der Waals surface area contributed by atoms with E-state index in [-0.39, 0.29) is 29.0 Å². The van der Waals surface area contributed by atoms with Crippen LogP contribution in [-0.4, -0.2) is 63.7 Å². The van der Waals surface area contributed by atoms with Crippen LogP contribution in [0.1, 0.15) is 29.3 Å². The second kappa shape index (κ2) is 8.81. The Hall–Kier alpha value is -2.68. The minimum absolute atomic E-state index is 0.0911. The zero-order chi connectivity index (χ0) is 20.1. The Labute approximate surface area is 156 Å². The average molecular weight is 378 g/mol. The first-order valence-electron chi connectivity index (χ1n) is 8.29. The molecule has 1 heterocycles. The molecule has 0 saturated heterocycles. The zero-order valence-electron chi connectivity index (χ0n) is 14.9. The van der Waals surface area contributed by atoms with Gasteiger partial charge < -0.3 is 29.9 Å². The molecule has 0 amide bonds. The molecule has 0 radical (unpaired) electrons. The molecule has 2 rings (SSSR count). The molecule has 0 aliphatic carbocycles. The first-order chi connectivity index (χ1) is 12.7. The van der Waals surface area contributed by atoms with Crippen LogP contribution in [0.25, 0.3) is 6.08 Å². The van der Waals surface area contributed by atoms with Crippen molar-refractivity contribution in [1.29, 1.82) is 0 Å². The molecule has 8 nitrogen and oxygen atoms in total. The largest absolute Gasteiger partial charge is 0.507 e. The fraction of sp³-hybridized carbons (Fsp3) is 0.368. The molecule has 0 spiro atoms. The Kier molecular flexibility index (Phi) is 6.73. The van der Waals surface area contributed by atoms with E-state index in [1.807, 2.05) is 0 Å². The van der Waals surface area contributed by atoms with Crippen LogP contribution in [-0.2, 0) is 9.53 Å². The average Bonchev–Trinajstić information content (AvgIpc) is 2.63. The Bertz CT molecular complexity index is 767. The number of aliphatic hydroxyl groups is 3. The van der Waals surface area contributed by atoms with Gasteiger partial charge in [-0.2, -0.15) is 0 Å². The number of ketones is 1. The van der Waals surface area contributed by atoms with E-state index in [1.165, 1.54) is 38.3 Å². The summed E-state index contributed by atoms with van der Waals surface area (Å²) in [6.07, 6.45) is -0.646. The molecule has 1 aliphatic heterocycles. The third-order valence-electron chi connectivity index (χ3n) is 4.12. The van der Waals surface area contributed by atoms with Gasteiger partial charge in [0.2, 0.25) is 0 Å². The van der Waals surface area contributed by atoms with Crippen LogP contribution in [0.15, 0.2) is 30.4 Å². The number of hydrogen-bond donors (Lipinski definition) is 4. The van der Waals surface area contributed by atoms with Crippen molar-refractivity contribution in [3.8, 4) is 11.5 Å². The molecule has 0 bridgehead atoms. The zero-order valence-corrected chi connectivity index (χ0v) is 14.9. The molecular weight excluding hydrogens is 356 g/mol. The van der Waals surface area contributed by atoms with Crippen LogP contribution in [0.4, 0.5) is 0 Å². The number of carbonyl (C=O) groups is 2. The smallest absolute Gasteiger partial charge is 0.342 e.